The van der Waals surface area contributed by atoms with Gasteiger partial charge < -0.3 is 5.32 Å². The van der Waals surface area contributed by atoms with E-state index in [0.29, 0.717) is 10.6 Å². The molecule has 1 aromatic carbocycles. The number of hydrogen-bond acceptors (Lipinski definition) is 2. The van der Waals surface area contributed by atoms with Gasteiger partial charge >= 0.3 is 0 Å². The minimum atomic E-state index is -0.608. The van der Waals surface area contributed by atoms with Crippen LogP contribution in [0.2, 0.25) is 5.02 Å². The van der Waals surface area contributed by atoms with E-state index in [2.05, 4.69) is 5.32 Å². The van der Waals surface area contributed by atoms with Crippen LogP contribution >= 0.6 is 11.6 Å². The molecule has 1 atom stereocenters. The van der Waals surface area contributed by atoms with Crippen molar-refractivity contribution in [3.05, 3.63) is 34.9 Å². The maximum Gasteiger partial charge on any atom is 0.173 e. The second-order valence-electron chi connectivity index (χ2n) is 5.84. The van der Waals surface area contributed by atoms with Crippen molar-refractivity contribution in [1.82, 2.24) is 5.32 Å². The third-order valence-electron chi connectivity index (χ3n) is 2.34. The number of carbonyl (C=O) groups is 1. The lowest BCUT2D eigenvalue weighted by atomic mass is 9.72. The van der Waals surface area contributed by atoms with E-state index in [1.807, 2.05) is 35.5 Å². The molecule has 0 unspecified atom stereocenters. The average molecular weight is 252 g/mol. The predicted octanol–water partition coefficient (Wildman–Crippen LogP) is 2.26. The van der Waals surface area contributed by atoms with E-state index in [1.54, 1.807) is 24.3 Å². The summed E-state index contributed by atoms with van der Waals surface area (Å²) in [7, 11) is 1.89. The van der Waals surface area contributed by atoms with Crippen LogP contribution in [0.25, 0.3) is 0 Å². The largest absolute Gasteiger partial charge is 0.307 e. The second kappa shape index (κ2) is 4.83. The van der Waals surface area contributed by atoms with Gasteiger partial charge in [0.05, 0.1) is 0 Å². The van der Waals surface area contributed by atoms with Gasteiger partial charge in [-0.25, -0.2) is 0 Å². The molecule has 0 radical (unpaired) electrons. The van der Waals surface area contributed by atoms with Crippen molar-refractivity contribution in [2.75, 3.05) is 0 Å². The Bertz CT molecular complexity index is 424. The van der Waals surface area contributed by atoms with Crippen molar-refractivity contribution in [3.8, 4) is 0 Å². The molecule has 0 saturated carbocycles. The van der Waals surface area contributed by atoms with Gasteiger partial charge in [0.15, 0.2) is 5.78 Å². The lowest BCUT2D eigenvalue weighted by molar-refractivity contribution is 0.0907. The Hall–Kier alpha value is -0.795. The number of nitrogens with one attached hydrogen (secondary N) is 1. The first kappa shape index (κ1) is 14.3. The Labute approximate surface area is 109 Å². The molecule has 92 valence electrons. The monoisotopic (exact) mass is 251 g/mol. The SMILES string of the molecule is B[C@](C)(NC(C)(C)C)C(=O)c1cccc(Cl)c1. The molecule has 0 aromatic heterocycles. The molecule has 17 heavy (non-hydrogen) atoms. The fourth-order valence-corrected chi connectivity index (χ4v) is 2.18. The first-order valence-corrected chi connectivity index (χ1v) is 6.09. The van der Waals surface area contributed by atoms with Crippen LogP contribution in [0.5, 0.6) is 0 Å². The minimum absolute atomic E-state index is 0.0509. The summed E-state index contributed by atoms with van der Waals surface area (Å²) in [6.07, 6.45) is 0. The summed E-state index contributed by atoms with van der Waals surface area (Å²) < 4.78 is 0. The van der Waals surface area contributed by atoms with Gasteiger partial charge in [-0.3, -0.25) is 4.79 Å². The Balaban J connectivity index is 2.96. The standard InChI is InChI=1S/C13H19BClNO/c1-12(2,3)16-13(4,14)11(17)9-6-5-7-10(15)8-9/h5-8,16H,14H2,1-4H3/t13-/m1/s1. The van der Waals surface area contributed by atoms with E-state index in [0.717, 1.165) is 0 Å². The van der Waals surface area contributed by atoms with Gasteiger partial charge in [0.1, 0.15) is 7.85 Å². The van der Waals surface area contributed by atoms with Gasteiger partial charge in [-0.05, 0) is 39.8 Å². The molecule has 0 aliphatic carbocycles. The fraction of sp³-hybridized carbons (Fsp3) is 0.462. The van der Waals surface area contributed by atoms with Crippen LogP contribution in [0.15, 0.2) is 24.3 Å². The Kier molecular flexibility index (Phi) is 4.05. The van der Waals surface area contributed by atoms with Crippen molar-refractivity contribution in [3.63, 3.8) is 0 Å². The highest BCUT2D eigenvalue weighted by molar-refractivity contribution is 6.33. The van der Waals surface area contributed by atoms with Crippen molar-refractivity contribution < 1.29 is 4.79 Å². The number of hydrogen-bond donors (Lipinski definition) is 1. The van der Waals surface area contributed by atoms with Crippen molar-refractivity contribution in [2.45, 2.75) is 38.7 Å². The summed E-state index contributed by atoms with van der Waals surface area (Å²) in [5.41, 5.74) is -0.0834. The lowest BCUT2D eigenvalue weighted by Gasteiger charge is -2.34. The minimum Gasteiger partial charge on any atom is -0.307 e. The van der Waals surface area contributed by atoms with Gasteiger partial charge in [-0.1, -0.05) is 23.7 Å². The van der Waals surface area contributed by atoms with Gasteiger partial charge in [0.25, 0.3) is 0 Å². The predicted molar refractivity (Wildman–Crippen MR) is 75.6 cm³/mol. The zero-order valence-corrected chi connectivity index (χ0v) is 11.9. The van der Waals surface area contributed by atoms with E-state index in [9.17, 15) is 4.79 Å². The number of carbonyl (C=O) groups excluding carboxylic acids is 1. The van der Waals surface area contributed by atoms with Crippen LogP contribution in [-0.4, -0.2) is 24.6 Å². The molecule has 0 fully saturated rings. The highest BCUT2D eigenvalue weighted by Crippen LogP contribution is 2.17. The quantitative estimate of drug-likeness (QED) is 0.659. The van der Waals surface area contributed by atoms with E-state index < -0.39 is 5.44 Å². The molecule has 0 amide bonds. The molecular formula is C13H19BClNO. The number of Topliss-reactive ketones (excluding diaryl/α,β-unsaturated/α-hetero) is 1. The van der Waals surface area contributed by atoms with Crippen LogP contribution in [0.3, 0.4) is 0 Å². The highest BCUT2D eigenvalue weighted by Gasteiger charge is 2.31. The normalized spacial score (nSPS) is 15.4. The molecule has 0 aliphatic rings. The molecule has 1 N–H and O–H groups in total. The second-order valence-corrected chi connectivity index (χ2v) is 6.28. The molecule has 1 rings (SSSR count). The molecular weight excluding hydrogens is 232 g/mol. The van der Waals surface area contributed by atoms with Crippen molar-refractivity contribution >= 4 is 25.2 Å². The maximum atomic E-state index is 12.4. The summed E-state index contributed by atoms with van der Waals surface area (Å²) in [5.74, 6) is 0.0509. The zero-order chi connectivity index (χ0) is 13.3. The highest BCUT2D eigenvalue weighted by atomic mass is 35.5. The van der Waals surface area contributed by atoms with Crippen LogP contribution in [-0.2, 0) is 0 Å². The van der Waals surface area contributed by atoms with Gasteiger partial charge in [0, 0.05) is 21.6 Å². The van der Waals surface area contributed by atoms with Gasteiger partial charge in [-0.2, -0.15) is 0 Å². The summed E-state index contributed by atoms with van der Waals surface area (Å²) in [6.45, 7) is 8.02. The topological polar surface area (TPSA) is 29.1 Å². The lowest BCUT2D eigenvalue weighted by Crippen LogP contribution is -2.57. The van der Waals surface area contributed by atoms with E-state index in [1.165, 1.54) is 0 Å². The van der Waals surface area contributed by atoms with Crippen LogP contribution in [0.1, 0.15) is 38.1 Å². The summed E-state index contributed by atoms with van der Waals surface area (Å²) >= 11 is 5.90. The van der Waals surface area contributed by atoms with Crippen LogP contribution < -0.4 is 5.32 Å². The first-order chi connectivity index (χ1) is 7.62. The Morgan fingerprint density at radius 3 is 2.35 bits per heavy atom. The van der Waals surface area contributed by atoms with Crippen molar-refractivity contribution in [1.29, 1.82) is 0 Å². The maximum absolute atomic E-state index is 12.4. The third kappa shape index (κ3) is 4.17. The molecule has 0 spiro atoms. The fourth-order valence-electron chi connectivity index (χ4n) is 1.98. The van der Waals surface area contributed by atoms with E-state index >= 15 is 0 Å². The zero-order valence-electron chi connectivity index (χ0n) is 11.1. The smallest absolute Gasteiger partial charge is 0.173 e. The number of rotatable bonds is 3. The van der Waals surface area contributed by atoms with Gasteiger partial charge in [-0.15, -0.1) is 0 Å². The first-order valence-electron chi connectivity index (χ1n) is 5.71. The number of benzene rings is 1. The molecule has 1 aromatic rings. The average Bonchev–Trinajstić information content (AvgIpc) is 2.12. The molecule has 0 heterocycles. The van der Waals surface area contributed by atoms with Crippen molar-refractivity contribution in [2.24, 2.45) is 0 Å². The molecule has 2 nitrogen and oxygen atoms in total. The summed E-state index contributed by atoms with van der Waals surface area (Å²) in [6, 6.07) is 7.06. The number of halogens is 1. The van der Waals surface area contributed by atoms with Gasteiger partial charge in [0.2, 0.25) is 0 Å². The van der Waals surface area contributed by atoms with E-state index in [-0.39, 0.29) is 11.3 Å². The van der Waals surface area contributed by atoms with Crippen LogP contribution in [0, 0.1) is 0 Å². The molecule has 0 bridgehead atoms. The summed E-state index contributed by atoms with van der Waals surface area (Å²) in [5, 5.41) is 3.91. The molecule has 4 heteroatoms. The molecule has 0 aliphatic heterocycles. The summed E-state index contributed by atoms with van der Waals surface area (Å²) in [4.78, 5) is 12.4. The third-order valence-corrected chi connectivity index (χ3v) is 2.58. The Morgan fingerprint density at radius 2 is 1.88 bits per heavy atom. The van der Waals surface area contributed by atoms with E-state index in [4.69, 9.17) is 11.6 Å². The Morgan fingerprint density at radius 1 is 1.29 bits per heavy atom. The molecule has 0 saturated heterocycles. The van der Waals surface area contributed by atoms with Crippen LogP contribution in [0.4, 0.5) is 0 Å². The number of ketones is 1.